The van der Waals surface area contributed by atoms with Crippen LogP contribution in [0.5, 0.6) is 5.75 Å². The van der Waals surface area contributed by atoms with Crippen LogP contribution in [0.1, 0.15) is 29.3 Å². The van der Waals surface area contributed by atoms with Gasteiger partial charge in [0.2, 0.25) is 0 Å². The van der Waals surface area contributed by atoms with Crippen molar-refractivity contribution in [3.8, 4) is 5.75 Å². The summed E-state index contributed by atoms with van der Waals surface area (Å²) in [6.45, 7) is 4.15. The van der Waals surface area contributed by atoms with Crippen molar-refractivity contribution in [3.63, 3.8) is 0 Å². The molecular weight excluding hydrogens is 350 g/mol. The normalized spacial score (nSPS) is 22.8. The van der Waals surface area contributed by atoms with Crippen LogP contribution in [0.4, 0.5) is 0 Å². The van der Waals surface area contributed by atoms with E-state index in [1.54, 1.807) is 7.11 Å². The van der Waals surface area contributed by atoms with Crippen LogP contribution >= 0.6 is 11.6 Å². The highest BCUT2D eigenvalue weighted by molar-refractivity contribution is 6.30. The van der Waals surface area contributed by atoms with E-state index >= 15 is 0 Å². The van der Waals surface area contributed by atoms with Crippen LogP contribution in [0.2, 0.25) is 5.02 Å². The molecule has 0 aliphatic carbocycles. The number of nitrogens with zero attached hydrogens (tertiary/aromatic N) is 2. The maximum Gasteiger partial charge on any atom is 0.126 e. The predicted molar refractivity (Wildman–Crippen MR) is 102 cm³/mol. The zero-order chi connectivity index (χ0) is 17.9. The van der Waals surface area contributed by atoms with Gasteiger partial charge in [0.1, 0.15) is 12.4 Å². The monoisotopic (exact) mass is 373 g/mol. The average molecular weight is 374 g/mol. The number of fused-ring (bicyclic) bond motifs is 2. The largest absolute Gasteiger partial charge is 0.488 e. The number of piperazine rings is 1. The molecule has 1 aromatic heterocycles. The van der Waals surface area contributed by atoms with Gasteiger partial charge in [-0.2, -0.15) is 0 Å². The van der Waals surface area contributed by atoms with Crippen molar-refractivity contribution in [2.24, 2.45) is 0 Å². The lowest BCUT2D eigenvalue weighted by molar-refractivity contribution is 0.129. The number of rotatable bonds is 4. The van der Waals surface area contributed by atoms with Gasteiger partial charge in [-0.05, 0) is 24.6 Å². The van der Waals surface area contributed by atoms with Crippen molar-refractivity contribution >= 4 is 11.6 Å². The number of hydrogen-bond donors (Lipinski definition) is 1. The summed E-state index contributed by atoms with van der Waals surface area (Å²) in [5, 5.41) is 4.30. The minimum atomic E-state index is 0.0770. The first-order valence-corrected chi connectivity index (χ1v) is 9.46. The lowest BCUT2D eigenvalue weighted by atomic mass is 9.96. The Labute approximate surface area is 159 Å². The van der Waals surface area contributed by atoms with E-state index in [-0.39, 0.29) is 6.04 Å². The molecule has 26 heavy (non-hydrogen) atoms. The number of pyridine rings is 1. The van der Waals surface area contributed by atoms with E-state index in [1.807, 2.05) is 24.4 Å². The van der Waals surface area contributed by atoms with Gasteiger partial charge in [0.25, 0.3) is 0 Å². The van der Waals surface area contributed by atoms with Crippen molar-refractivity contribution in [1.82, 2.24) is 15.2 Å². The second kappa shape index (κ2) is 7.92. The first-order valence-electron chi connectivity index (χ1n) is 9.08. The van der Waals surface area contributed by atoms with Crippen molar-refractivity contribution in [2.45, 2.75) is 25.1 Å². The molecule has 1 unspecified atom stereocenters. The summed E-state index contributed by atoms with van der Waals surface area (Å²) < 4.78 is 11.3. The maximum absolute atomic E-state index is 6.22. The minimum absolute atomic E-state index is 0.0770. The number of halogens is 1. The topological polar surface area (TPSA) is 46.6 Å². The van der Waals surface area contributed by atoms with E-state index in [1.165, 1.54) is 0 Å². The first-order chi connectivity index (χ1) is 12.8. The summed E-state index contributed by atoms with van der Waals surface area (Å²) in [4.78, 5) is 7.25. The summed E-state index contributed by atoms with van der Waals surface area (Å²) in [6, 6.07) is 10.5. The van der Waals surface area contributed by atoms with Gasteiger partial charge in [-0.3, -0.25) is 9.88 Å². The molecule has 1 fully saturated rings. The van der Waals surface area contributed by atoms with Crippen molar-refractivity contribution < 1.29 is 9.47 Å². The lowest BCUT2D eigenvalue weighted by Gasteiger charge is -2.39. The highest BCUT2D eigenvalue weighted by atomic mass is 35.5. The molecule has 6 heteroatoms. The Balaban J connectivity index is 1.71. The molecule has 3 heterocycles. The van der Waals surface area contributed by atoms with Crippen LogP contribution < -0.4 is 10.1 Å². The van der Waals surface area contributed by atoms with Crippen LogP contribution in [0.25, 0.3) is 0 Å². The van der Waals surface area contributed by atoms with Crippen molar-refractivity contribution in [2.75, 3.05) is 33.4 Å². The zero-order valence-electron chi connectivity index (χ0n) is 15.0. The average Bonchev–Trinajstić information content (AvgIpc) is 2.83. The smallest absolute Gasteiger partial charge is 0.126 e. The third kappa shape index (κ3) is 3.58. The van der Waals surface area contributed by atoms with Gasteiger partial charge in [-0.15, -0.1) is 0 Å². The molecule has 0 bridgehead atoms. The minimum Gasteiger partial charge on any atom is -0.488 e. The van der Waals surface area contributed by atoms with E-state index in [0.717, 1.165) is 55.2 Å². The Morgan fingerprint density at radius 2 is 2.31 bits per heavy atom. The first kappa shape index (κ1) is 17.7. The van der Waals surface area contributed by atoms with E-state index in [9.17, 15) is 0 Å². The van der Waals surface area contributed by atoms with E-state index in [0.29, 0.717) is 17.7 Å². The van der Waals surface area contributed by atoms with Gasteiger partial charge in [0.05, 0.1) is 11.7 Å². The lowest BCUT2D eigenvalue weighted by Crippen LogP contribution is -2.52. The number of aromatic nitrogens is 1. The van der Waals surface area contributed by atoms with Crippen molar-refractivity contribution in [3.05, 3.63) is 58.4 Å². The van der Waals surface area contributed by atoms with Crippen LogP contribution in [-0.2, 0) is 11.3 Å². The molecule has 2 atom stereocenters. The summed E-state index contributed by atoms with van der Waals surface area (Å²) in [5.41, 5.74) is 3.36. The Kier molecular flexibility index (Phi) is 5.41. The van der Waals surface area contributed by atoms with Gasteiger partial charge in [-0.1, -0.05) is 23.7 Å². The highest BCUT2D eigenvalue weighted by Crippen LogP contribution is 2.40. The van der Waals surface area contributed by atoms with Gasteiger partial charge in [0, 0.05) is 61.7 Å². The predicted octanol–water partition coefficient (Wildman–Crippen LogP) is 3.03. The highest BCUT2D eigenvalue weighted by Gasteiger charge is 2.33. The molecule has 4 rings (SSSR count). The van der Waals surface area contributed by atoms with E-state index in [2.05, 4.69) is 22.3 Å². The third-order valence-electron chi connectivity index (χ3n) is 5.16. The van der Waals surface area contributed by atoms with Gasteiger partial charge in [0.15, 0.2) is 0 Å². The van der Waals surface area contributed by atoms with Crippen LogP contribution in [0, 0.1) is 0 Å². The molecule has 2 aromatic rings. The molecule has 0 radical (unpaired) electrons. The SMILES string of the molecule is COCC[C@H]1CN(C2c3ccc(Cl)cc3OCc3cccnc32)CCN1. The number of hydrogen-bond acceptors (Lipinski definition) is 5. The summed E-state index contributed by atoms with van der Waals surface area (Å²) in [7, 11) is 1.75. The van der Waals surface area contributed by atoms with Crippen molar-refractivity contribution in [1.29, 1.82) is 0 Å². The molecular formula is C20H24ClN3O2. The fourth-order valence-electron chi connectivity index (χ4n) is 3.89. The Bertz CT molecular complexity index is 770. The maximum atomic E-state index is 6.22. The molecule has 1 aromatic carbocycles. The number of benzene rings is 1. The Morgan fingerprint density at radius 3 is 3.19 bits per heavy atom. The van der Waals surface area contributed by atoms with E-state index in [4.69, 9.17) is 26.1 Å². The second-order valence-electron chi connectivity index (χ2n) is 6.85. The summed E-state index contributed by atoms with van der Waals surface area (Å²) in [5.74, 6) is 0.854. The molecule has 5 nitrogen and oxygen atoms in total. The fraction of sp³-hybridized carbons (Fsp3) is 0.450. The molecule has 1 saturated heterocycles. The summed E-state index contributed by atoms with van der Waals surface area (Å²) in [6.07, 6.45) is 2.87. The summed E-state index contributed by atoms with van der Waals surface area (Å²) >= 11 is 6.22. The van der Waals surface area contributed by atoms with Crippen LogP contribution in [0.3, 0.4) is 0 Å². The quantitative estimate of drug-likeness (QED) is 0.892. The molecule has 2 aliphatic heterocycles. The van der Waals surface area contributed by atoms with Gasteiger partial charge in [-0.25, -0.2) is 0 Å². The molecule has 0 spiro atoms. The fourth-order valence-corrected chi connectivity index (χ4v) is 4.05. The van der Waals surface area contributed by atoms with Gasteiger partial charge >= 0.3 is 0 Å². The number of ether oxygens (including phenoxy) is 2. The Morgan fingerprint density at radius 1 is 1.38 bits per heavy atom. The molecule has 1 N–H and O–H groups in total. The second-order valence-corrected chi connectivity index (χ2v) is 7.29. The number of nitrogens with one attached hydrogen (secondary N) is 1. The third-order valence-corrected chi connectivity index (χ3v) is 5.40. The zero-order valence-corrected chi connectivity index (χ0v) is 15.7. The van der Waals surface area contributed by atoms with E-state index < -0.39 is 0 Å². The van der Waals surface area contributed by atoms with Gasteiger partial charge < -0.3 is 14.8 Å². The molecule has 2 aliphatic rings. The molecule has 0 amide bonds. The Hall–Kier alpha value is -1.66. The molecule has 0 saturated carbocycles. The standard InChI is InChI=1S/C20H24ClN3O2/c1-25-10-6-16-12-24(9-8-22-16)20-17-5-4-15(21)11-18(17)26-13-14-3-2-7-23-19(14)20/h2-5,7,11,16,20,22H,6,8-10,12-13H2,1H3/t16-,20?/m0/s1. The molecule has 138 valence electrons. The van der Waals surface area contributed by atoms with Crippen LogP contribution in [0.15, 0.2) is 36.5 Å². The number of methoxy groups -OCH3 is 1. The van der Waals surface area contributed by atoms with Crippen LogP contribution in [-0.4, -0.2) is 49.3 Å².